The largest absolute Gasteiger partial charge is 0.497 e. The molecule has 1 rings (SSSR count). The maximum absolute atomic E-state index is 12.1. The van der Waals surface area contributed by atoms with Crippen molar-refractivity contribution < 1.29 is 14.6 Å². The molecule has 5 heteroatoms. The highest BCUT2D eigenvalue weighted by Crippen LogP contribution is 2.25. The van der Waals surface area contributed by atoms with Gasteiger partial charge in [0, 0.05) is 23.7 Å². The lowest BCUT2D eigenvalue weighted by molar-refractivity contribution is 0.0852. The Labute approximate surface area is 120 Å². The molecule has 0 unspecified atom stereocenters. The Balaban J connectivity index is 2.77. The van der Waals surface area contributed by atoms with Crippen LogP contribution in [0.4, 0.5) is 5.69 Å². The van der Waals surface area contributed by atoms with Crippen LogP contribution in [-0.2, 0) is 0 Å². The number of benzene rings is 1. The van der Waals surface area contributed by atoms with Gasteiger partial charge in [-0.25, -0.2) is 0 Å². The third-order valence-corrected chi connectivity index (χ3v) is 3.96. The molecule has 112 valence electrons. The SMILES string of the molecule is CCC(CC)(CO)CNC(=O)c1ccc(OC)cc1N. The minimum atomic E-state index is -0.267. The Morgan fingerprint density at radius 1 is 1.40 bits per heavy atom. The standard InChI is InChI=1S/C15H24N2O3/c1-4-15(5-2,10-18)9-17-14(19)12-7-6-11(20-3)8-13(12)16/h6-8,18H,4-5,9-10,16H2,1-3H3,(H,17,19). The third-order valence-electron chi connectivity index (χ3n) is 3.96. The van der Waals surface area contributed by atoms with E-state index < -0.39 is 0 Å². The first-order chi connectivity index (χ1) is 9.51. The number of amides is 1. The van der Waals surface area contributed by atoms with Crippen molar-refractivity contribution in [3.63, 3.8) is 0 Å². The molecule has 1 aromatic rings. The highest BCUT2D eigenvalue weighted by Gasteiger charge is 2.26. The summed E-state index contributed by atoms with van der Waals surface area (Å²) in [6, 6.07) is 4.96. The van der Waals surface area contributed by atoms with Crippen LogP contribution in [0.1, 0.15) is 37.0 Å². The Bertz CT molecular complexity index is 448. The average molecular weight is 280 g/mol. The zero-order chi connectivity index (χ0) is 15.2. The van der Waals surface area contributed by atoms with Gasteiger partial charge in [-0.05, 0) is 25.0 Å². The molecule has 0 aliphatic heterocycles. The number of hydrogen-bond acceptors (Lipinski definition) is 4. The molecule has 0 fully saturated rings. The predicted molar refractivity (Wildman–Crippen MR) is 79.8 cm³/mol. The van der Waals surface area contributed by atoms with Crippen molar-refractivity contribution in [1.29, 1.82) is 0 Å². The van der Waals surface area contributed by atoms with Crippen LogP contribution in [-0.4, -0.2) is 31.3 Å². The number of carbonyl (C=O) groups excluding carboxylic acids is 1. The fourth-order valence-corrected chi connectivity index (χ4v) is 2.02. The number of methoxy groups -OCH3 is 1. The lowest BCUT2D eigenvalue weighted by Gasteiger charge is -2.29. The molecule has 1 aromatic carbocycles. The highest BCUT2D eigenvalue weighted by atomic mass is 16.5. The maximum Gasteiger partial charge on any atom is 0.253 e. The molecule has 20 heavy (non-hydrogen) atoms. The van der Waals surface area contributed by atoms with Gasteiger partial charge in [-0.2, -0.15) is 0 Å². The van der Waals surface area contributed by atoms with Gasteiger partial charge in [-0.15, -0.1) is 0 Å². The molecular weight excluding hydrogens is 256 g/mol. The Hall–Kier alpha value is -1.75. The molecule has 0 radical (unpaired) electrons. The van der Waals surface area contributed by atoms with Crippen LogP contribution in [0.3, 0.4) is 0 Å². The number of carbonyl (C=O) groups is 1. The molecule has 0 aliphatic rings. The molecule has 4 N–H and O–H groups in total. The summed E-state index contributed by atoms with van der Waals surface area (Å²) in [5, 5.41) is 12.3. The number of hydrogen-bond donors (Lipinski definition) is 3. The van der Waals surface area contributed by atoms with Gasteiger partial charge < -0.3 is 20.9 Å². The fourth-order valence-electron chi connectivity index (χ4n) is 2.02. The van der Waals surface area contributed by atoms with Crippen LogP contribution in [0.5, 0.6) is 5.75 Å². The van der Waals surface area contributed by atoms with E-state index in [1.807, 2.05) is 13.8 Å². The second-order valence-corrected chi connectivity index (χ2v) is 5.00. The van der Waals surface area contributed by atoms with Crippen LogP contribution >= 0.6 is 0 Å². The van der Waals surface area contributed by atoms with Gasteiger partial charge in [-0.1, -0.05) is 13.8 Å². The number of aliphatic hydroxyl groups is 1. The minimum absolute atomic E-state index is 0.0539. The molecule has 0 spiro atoms. The molecule has 0 saturated heterocycles. The second kappa shape index (κ2) is 7.14. The molecule has 0 aliphatic carbocycles. The maximum atomic E-state index is 12.1. The van der Waals surface area contributed by atoms with Gasteiger partial charge in [0.15, 0.2) is 0 Å². The Morgan fingerprint density at radius 2 is 2.05 bits per heavy atom. The van der Waals surface area contributed by atoms with Crippen molar-refractivity contribution in [1.82, 2.24) is 5.32 Å². The Morgan fingerprint density at radius 3 is 2.50 bits per heavy atom. The number of nitrogen functional groups attached to an aromatic ring is 1. The number of nitrogens with one attached hydrogen (secondary N) is 1. The quantitative estimate of drug-likeness (QED) is 0.665. The number of anilines is 1. The van der Waals surface area contributed by atoms with Crippen molar-refractivity contribution in [2.45, 2.75) is 26.7 Å². The number of aliphatic hydroxyl groups excluding tert-OH is 1. The fraction of sp³-hybridized carbons (Fsp3) is 0.533. The molecule has 0 aromatic heterocycles. The van der Waals surface area contributed by atoms with Gasteiger partial charge in [0.25, 0.3) is 5.91 Å². The predicted octanol–water partition coefficient (Wildman–Crippen LogP) is 1.81. The summed E-state index contributed by atoms with van der Waals surface area (Å²) in [6.07, 6.45) is 1.61. The van der Waals surface area contributed by atoms with E-state index in [1.54, 1.807) is 25.3 Å². The zero-order valence-electron chi connectivity index (χ0n) is 12.4. The summed E-state index contributed by atoms with van der Waals surface area (Å²) in [6.45, 7) is 4.50. The minimum Gasteiger partial charge on any atom is -0.497 e. The van der Waals surface area contributed by atoms with Crippen LogP contribution < -0.4 is 15.8 Å². The lowest BCUT2D eigenvalue weighted by Crippen LogP contribution is -2.39. The van der Waals surface area contributed by atoms with Crippen LogP contribution in [0, 0.1) is 5.41 Å². The monoisotopic (exact) mass is 280 g/mol. The zero-order valence-corrected chi connectivity index (χ0v) is 12.4. The lowest BCUT2D eigenvalue weighted by atomic mass is 9.83. The first kappa shape index (κ1) is 16.3. The van der Waals surface area contributed by atoms with Gasteiger partial charge in [-0.3, -0.25) is 4.79 Å². The van der Waals surface area contributed by atoms with Crippen LogP contribution in [0.2, 0.25) is 0 Å². The smallest absolute Gasteiger partial charge is 0.253 e. The summed E-state index contributed by atoms with van der Waals surface area (Å²) in [7, 11) is 1.55. The van der Waals surface area contributed by atoms with E-state index in [1.165, 1.54) is 0 Å². The molecule has 0 saturated carbocycles. The number of ether oxygens (including phenoxy) is 1. The first-order valence-corrected chi connectivity index (χ1v) is 6.84. The number of nitrogens with two attached hydrogens (primary N) is 1. The van der Waals surface area contributed by atoms with E-state index in [2.05, 4.69) is 5.32 Å². The van der Waals surface area contributed by atoms with Crippen molar-refractivity contribution in [3.8, 4) is 5.75 Å². The van der Waals surface area contributed by atoms with E-state index in [0.717, 1.165) is 12.8 Å². The van der Waals surface area contributed by atoms with Crippen molar-refractivity contribution in [2.24, 2.45) is 5.41 Å². The van der Waals surface area contributed by atoms with Gasteiger partial charge in [0.05, 0.1) is 19.3 Å². The average Bonchev–Trinajstić information content (AvgIpc) is 2.48. The molecule has 0 atom stereocenters. The van der Waals surface area contributed by atoms with Crippen LogP contribution in [0.25, 0.3) is 0 Å². The van der Waals surface area contributed by atoms with Crippen molar-refractivity contribution in [3.05, 3.63) is 23.8 Å². The second-order valence-electron chi connectivity index (χ2n) is 5.00. The van der Waals surface area contributed by atoms with E-state index >= 15 is 0 Å². The van der Waals surface area contributed by atoms with Crippen LogP contribution in [0.15, 0.2) is 18.2 Å². The van der Waals surface area contributed by atoms with Gasteiger partial charge >= 0.3 is 0 Å². The Kier molecular flexibility index (Phi) is 5.82. The van der Waals surface area contributed by atoms with Crippen molar-refractivity contribution >= 4 is 11.6 Å². The molecule has 0 heterocycles. The summed E-state index contributed by atoms with van der Waals surface area (Å²) < 4.78 is 5.05. The normalized spacial score (nSPS) is 11.2. The molecule has 1 amide bonds. The van der Waals surface area contributed by atoms with E-state index in [-0.39, 0.29) is 17.9 Å². The summed E-state index contributed by atoms with van der Waals surface area (Å²) in [5.41, 5.74) is 6.38. The van der Waals surface area contributed by atoms with Gasteiger partial charge in [0.2, 0.25) is 0 Å². The van der Waals surface area contributed by atoms with E-state index in [4.69, 9.17) is 10.5 Å². The number of rotatable bonds is 7. The summed E-state index contributed by atoms with van der Waals surface area (Å²) in [4.78, 5) is 12.1. The third kappa shape index (κ3) is 3.63. The highest BCUT2D eigenvalue weighted by molar-refractivity contribution is 5.99. The summed E-state index contributed by atoms with van der Waals surface area (Å²) >= 11 is 0. The molecule has 5 nitrogen and oxygen atoms in total. The first-order valence-electron chi connectivity index (χ1n) is 6.84. The topological polar surface area (TPSA) is 84.6 Å². The molecule has 0 bridgehead atoms. The van der Waals surface area contributed by atoms with E-state index in [0.29, 0.717) is 23.5 Å². The summed E-state index contributed by atoms with van der Waals surface area (Å²) in [5.74, 6) is 0.385. The van der Waals surface area contributed by atoms with Gasteiger partial charge in [0.1, 0.15) is 5.75 Å². The molecular formula is C15H24N2O3. The van der Waals surface area contributed by atoms with Crippen molar-refractivity contribution in [2.75, 3.05) is 26.0 Å². The van der Waals surface area contributed by atoms with E-state index in [9.17, 15) is 9.90 Å².